The monoisotopic (exact) mass is 273 g/mol. The van der Waals surface area contributed by atoms with Crippen molar-refractivity contribution in [2.45, 2.75) is 13.5 Å². The zero-order chi connectivity index (χ0) is 14.5. The van der Waals surface area contributed by atoms with Crippen LogP contribution >= 0.6 is 0 Å². The SMILES string of the molecule is CC(=O)N(C)Cc1ccccc1NC(=O)c1cn[nH]n1. The van der Waals surface area contributed by atoms with Gasteiger partial charge in [-0.25, -0.2) is 0 Å². The first-order chi connectivity index (χ1) is 9.58. The van der Waals surface area contributed by atoms with Gasteiger partial charge in [-0.2, -0.15) is 15.4 Å². The number of benzene rings is 1. The van der Waals surface area contributed by atoms with E-state index in [-0.39, 0.29) is 17.5 Å². The Morgan fingerprint density at radius 3 is 2.75 bits per heavy atom. The zero-order valence-electron chi connectivity index (χ0n) is 11.3. The van der Waals surface area contributed by atoms with Crippen molar-refractivity contribution in [3.63, 3.8) is 0 Å². The maximum Gasteiger partial charge on any atom is 0.277 e. The summed E-state index contributed by atoms with van der Waals surface area (Å²) >= 11 is 0. The van der Waals surface area contributed by atoms with Gasteiger partial charge in [0.25, 0.3) is 5.91 Å². The molecule has 0 aliphatic heterocycles. The maximum atomic E-state index is 11.9. The van der Waals surface area contributed by atoms with Gasteiger partial charge in [-0.3, -0.25) is 9.59 Å². The third kappa shape index (κ3) is 3.19. The van der Waals surface area contributed by atoms with Crippen molar-refractivity contribution < 1.29 is 9.59 Å². The fraction of sp³-hybridized carbons (Fsp3) is 0.231. The van der Waals surface area contributed by atoms with Gasteiger partial charge in [0.05, 0.1) is 6.20 Å². The Hall–Kier alpha value is -2.70. The van der Waals surface area contributed by atoms with Gasteiger partial charge in [0.2, 0.25) is 5.91 Å². The molecule has 0 atom stereocenters. The van der Waals surface area contributed by atoms with Crippen molar-refractivity contribution in [2.24, 2.45) is 0 Å². The number of aromatic nitrogens is 3. The van der Waals surface area contributed by atoms with Crippen LogP contribution < -0.4 is 5.32 Å². The largest absolute Gasteiger partial charge is 0.342 e. The molecule has 104 valence electrons. The fourth-order valence-electron chi connectivity index (χ4n) is 1.64. The zero-order valence-corrected chi connectivity index (χ0v) is 11.3. The summed E-state index contributed by atoms with van der Waals surface area (Å²) in [6.45, 7) is 1.92. The van der Waals surface area contributed by atoms with Crippen LogP contribution in [-0.2, 0) is 11.3 Å². The van der Waals surface area contributed by atoms with Crippen LogP contribution in [0.2, 0.25) is 0 Å². The molecule has 2 rings (SSSR count). The molecule has 1 heterocycles. The molecule has 1 aromatic carbocycles. The van der Waals surface area contributed by atoms with E-state index in [1.54, 1.807) is 18.0 Å². The van der Waals surface area contributed by atoms with Crippen LogP contribution in [0.4, 0.5) is 5.69 Å². The normalized spacial score (nSPS) is 10.1. The number of anilines is 1. The van der Waals surface area contributed by atoms with Crippen LogP contribution in [0.15, 0.2) is 30.5 Å². The van der Waals surface area contributed by atoms with Crippen LogP contribution in [0.1, 0.15) is 23.0 Å². The van der Waals surface area contributed by atoms with Gasteiger partial charge < -0.3 is 10.2 Å². The first kappa shape index (κ1) is 13.7. The quantitative estimate of drug-likeness (QED) is 0.870. The summed E-state index contributed by atoms with van der Waals surface area (Å²) in [6.07, 6.45) is 1.35. The highest BCUT2D eigenvalue weighted by Crippen LogP contribution is 2.17. The summed E-state index contributed by atoms with van der Waals surface area (Å²) in [5.41, 5.74) is 1.70. The molecule has 0 bridgehead atoms. The van der Waals surface area contributed by atoms with E-state index in [4.69, 9.17) is 0 Å². The van der Waals surface area contributed by atoms with Gasteiger partial charge in [0.15, 0.2) is 5.69 Å². The van der Waals surface area contributed by atoms with E-state index in [9.17, 15) is 9.59 Å². The summed E-state index contributed by atoms with van der Waals surface area (Å²) in [6, 6.07) is 7.31. The number of carbonyl (C=O) groups excluding carboxylic acids is 2. The van der Waals surface area contributed by atoms with Crippen molar-refractivity contribution in [1.29, 1.82) is 0 Å². The van der Waals surface area contributed by atoms with Crippen molar-refractivity contribution in [3.8, 4) is 0 Å². The predicted octanol–water partition coefficient (Wildman–Crippen LogP) is 1.04. The molecule has 7 nitrogen and oxygen atoms in total. The van der Waals surface area contributed by atoms with Gasteiger partial charge in [-0.15, -0.1) is 0 Å². The summed E-state index contributed by atoms with van der Waals surface area (Å²) in [5, 5.41) is 12.4. The number of amides is 2. The van der Waals surface area contributed by atoms with Gasteiger partial charge in [0, 0.05) is 26.2 Å². The molecule has 20 heavy (non-hydrogen) atoms. The van der Waals surface area contributed by atoms with E-state index < -0.39 is 0 Å². The Bertz CT molecular complexity index is 609. The number of rotatable bonds is 4. The Labute approximate surface area is 116 Å². The molecular weight excluding hydrogens is 258 g/mol. The number of nitrogens with zero attached hydrogens (tertiary/aromatic N) is 3. The Morgan fingerprint density at radius 2 is 2.10 bits per heavy atom. The smallest absolute Gasteiger partial charge is 0.277 e. The number of aromatic amines is 1. The van der Waals surface area contributed by atoms with E-state index in [1.807, 2.05) is 18.2 Å². The van der Waals surface area contributed by atoms with Gasteiger partial charge in [-0.1, -0.05) is 18.2 Å². The van der Waals surface area contributed by atoms with Gasteiger partial charge in [-0.05, 0) is 11.6 Å². The van der Waals surface area contributed by atoms with Crippen molar-refractivity contribution in [2.75, 3.05) is 12.4 Å². The van der Waals surface area contributed by atoms with E-state index in [2.05, 4.69) is 20.7 Å². The number of hydrogen-bond acceptors (Lipinski definition) is 4. The number of hydrogen-bond donors (Lipinski definition) is 2. The molecule has 0 saturated heterocycles. The lowest BCUT2D eigenvalue weighted by Crippen LogP contribution is -2.24. The Kier molecular flexibility index (Phi) is 4.09. The minimum atomic E-state index is -0.350. The van der Waals surface area contributed by atoms with Crippen LogP contribution in [0.5, 0.6) is 0 Å². The summed E-state index contributed by atoms with van der Waals surface area (Å²) in [4.78, 5) is 24.8. The molecule has 1 aromatic heterocycles. The highest BCUT2D eigenvalue weighted by atomic mass is 16.2. The lowest BCUT2D eigenvalue weighted by molar-refractivity contribution is -0.128. The molecule has 0 spiro atoms. The second-order valence-electron chi connectivity index (χ2n) is 4.34. The standard InChI is InChI=1S/C13H15N5O2/c1-9(19)18(2)8-10-5-3-4-6-11(10)15-13(20)12-7-14-17-16-12/h3-7H,8H2,1-2H3,(H,15,20)(H,14,16,17). The number of nitrogens with one attached hydrogen (secondary N) is 2. The minimum absolute atomic E-state index is 0.0392. The maximum absolute atomic E-state index is 11.9. The van der Waals surface area contributed by atoms with Crippen molar-refractivity contribution in [3.05, 3.63) is 41.7 Å². The van der Waals surface area contributed by atoms with E-state index in [0.29, 0.717) is 12.2 Å². The topological polar surface area (TPSA) is 91.0 Å². The van der Waals surface area contributed by atoms with Crippen molar-refractivity contribution in [1.82, 2.24) is 20.3 Å². The molecule has 0 radical (unpaired) electrons. The molecule has 7 heteroatoms. The van der Waals surface area contributed by atoms with E-state index >= 15 is 0 Å². The summed E-state index contributed by atoms with van der Waals surface area (Å²) in [5.74, 6) is -0.390. The third-order valence-corrected chi connectivity index (χ3v) is 2.86. The second kappa shape index (κ2) is 5.96. The molecule has 2 amide bonds. The first-order valence-corrected chi connectivity index (χ1v) is 6.04. The first-order valence-electron chi connectivity index (χ1n) is 6.04. The molecule has 2 N–H and O–H groups in total. The number of carbonyl (C=O) groups is 2. The van der Waals surface area contributed by atoms with Gasteiger partial charge in [0.1, 0.15) is 0 Å². The average molecular weight is 273 g/mol. The fourth-order valence-corrected chi connectivity index (χ4v) is 1.64. The molecule has 0 fully saturated rings. The molecule has 0 aliphatic carbocycles. The van der Waals surface area contributed by atoms with E-state index in [1.165, 1.54) is 13.1 Å². The van der Waals surface area contributed by atoms with Crippen LogP contribution in [0, 0.1) is 0 Å². The highest BCUT2D eigenvalue weighted by Gasteiger charge is 2.12. The van der Waals surface area contributed by atoms with Crippen LogP contribution in [0.25, 0.3) is 0 Å². The number of para-hydroxylation sites is 1. The van der Waals surface area contributed by atoms with Crippen molar-refractivity contribution >= 4 is 17.5 Å². The Morgan fingerprint density at radius 1 is 1.35 bits per heavy atom. The minimum Gasteiger partial charge on any atom is -0.342 e. The lowest BCUT2D eigenvalue weighted by Gasteiger charge is -2.17. The average Bonchev–Trinajstić information content (AvgIpc) is 2.94. The third-order valence-electron chi connectivity index (χ3n) is 2.86. The lowest BCUT2D eigenvalue weighted by atomic mass is 10.1. The predicted molar refractivity (Wildman–Crippen MR) is 72.9 cm³/mol. The molecule has 0 unspecified atom stereocenters. The summed E-state index contributed by atoms with van der Waals surface area (Å²) in [7, 11) is 1.71. The van der Waals surface area contributed by atoms with Crippen LogP contribution in [0.3, 0.4) is 0 Å². The van der Waals surface area contributed by atoms with E-state index in [0.717, 1.165) is 5.56 Å². The van der Waals surface area contributed by atoms with Gasteiger partial charge >= 0.3 is 0 Å². The molecule has 0 saturated carbocycles. The molecule has 0 aliphatic rings. The Balaban J connectivity index is 2.16. The molecular formula is C13H15N5O2. The second-order valence-corrected chi connectivity index (χ2v) is 4.34. The highest BCUT2D eigenvalue weighted by molar-refractivity contribution is 6.03. The molecule has 2 aromatic rings. The summed E-state index contributed by atoms with van der Waals surface area (Å²) < 4.78 is 0. The van der Waals surface area contributed by atoms with Crippen LogP contribution in [-0.4, -0.2) is 39.2 Å². The number of H-pyrrole nitrogens is 1.